The van der Waals surface area contributed by atoms with Crippen LogP contribution in [0.5, 0.6) is 0 Å². The Labute approximate surface area is 130 Å². The smallest absolute Gasteiger partial charge is 0.243 e. The van der Waals surface area contributed by atoms with Crippen molar-refractivity contribution in [3.63, 3.8) is 0 Å². The zero-order chi connectivity index (χ0) is 15.6. The van der Waals surface area contributed by atoms with Crippen molar-refractivity contribution in [1.82, 2.24) is 9.71 Å². The fourth-order valence-electron chi connectivity index (χ4n) is 1.61. The lowest BCUT2D eigenvalue weighted by Crippen LogP contribution is -2.24. The van der Waals surface area contributed by atoms with Crippen LogP contribution in [0.3, 0.4) is 0 Å². The molecule has 0 aliphatic rings. The number of nitrogen functional groups attached to an aromatic ring is 1. The second-order valence-electron chi connectivity index (χ2n) is 4.44. The maximum Gasteiger partial charge on any atom is 0.243 e. The Morgan fingerprint density at radius 3 is 2.71 bits per heavy atom. The average Bonchev–Trinajstić information content (AvgIpc) is 2.42. The van der Waals surface area contributed by atoms with Gasteiger partial charge in [-0.05, 0) is 46.6 Å². The number of pyridine rings is 1. The van der Waals surface area contributed by atoms with Crippen LogP contribution < -0.4 is 10.5 Å². The Hall–Kier alpha value is -1.51. The maximum atomic E-state index is 13.8. The fourth-order valence-corrected chi connectivity index (χ4v) is 3.04. The first kappa shape index (κ1) is 15.9. The Morgan fingerprint density at radius 2 is 2.10 bits per heavy atom. The quantitative estimate of drug-likeness (QED) is 0.805. The molecule has 21 heavy (non-hydrogen) atoms. The molecule has 1 heterocycles. The van der Waals surface area contributed by atoms with E-state index in [1.165, 1.54) is 0 Å². The van der Waals surface area contributed by atoms with Gasteiger partial charge < -0.3 is 5.73 Å². The summed E-state index contributed by atoms with van der Waals surface area (Å²) in [4.78, 5) is 3.58. The molecular formula is C13H13BrFN3O2S. The van der Waals surface area contributed by atoms with Crippen molar-refractivity contribution < 1.29 is 12.8 Å². The van der Waals surface area contributed by atoms with Crippen LogP contribution in [0.2, 0.25) is 0 Å². The summed E-state index contributed by atoms with van der Waals surface area (Å²) in [6.07, 6.45) is 1.56. The SMILES string of the molecule is Cc1ccc(CNS(=O)(=O)c2cc(N)c(Br)cc2F)cn1. The van der Waals surface area contributed by atoms with Crippen LogP contribution in [-0.4, -0.2) is 13.4 Å². The Balaban J connectivity index is 2.22. The number of nitrogens with zero attached hydrogens (tertiary/aromatic N) is 1. The Bertz CT molecular complexity index is 764. The molecule has 2 aromatic rings. The molecule has 0 spiro atoms. The minimum absolute atomic E-state index is 0.0189. The molecule has 0 saturated carbocycles. The van der Waals surface area contributed by atoms with Gasteiger partial charge in [0, 0.05) is 28.6 Å². The molecule has 1 aromatic heterocycles. The second-order valence-corrected chi connectivity index (χ2v) is 7.03. The highest BCUT2D eigenvalue weighted by Gasteiger charge is 2.20. The number of nitrogens with two attached hydrogens (primary N) is 1. The zero-order valence-electron chi connectivity index (χ0n) is 11.1. The van der Waals surface area contributed by atoms with Crippen molar-refractivity contribution in [3.8, 4) is 0 Å². The van der Waals surface area contributed by atoms with Gasteiger partial charge in [-0.2, -0.15) is 0 Å². The van der Waals surface area contributed by atoms with Crippen molar-refractivity contribution in [3.05, 3.63) is 52.0 Å². The number of anilines is 1. The Morgan fingerprint density at radius 1 is 1.38 bits per heavy atom. The molecule has 0 aliphatic heterocycles. The average molecular weight is 374 g/mol. The predicted molar refractivity (Wildman–Crippen MR) is 81.5 cm³/mol. The van der Waals surface area contributed by atoms with E-state index in [2.05, 4.69) is 25.6 Å². The third kappa shape index (κ3) is 3.78. The highest BCUT2D eigenvalue weighted by molar-refractivity contribution is 9.10. The predicted octanol–water partition coefficient (Wildman–Crippen LogP) is 2.35. The molecule has 0 saturated heterocycles. The zero-order valence-corrected chi connectivity index (χ0v) is 13.5. The van der Waals surface area contributed by atoms with Gasteiger partial charge in [0.2, 0.25) is 10.0 Å². The molecule has 112 valence electrons. The number of benzene rings is 1. The number of rotatable bonds is 4. The van der Waals surface area contributed by atoms with Gasteiger partial charge in [-0.1, -0.05) is 6.07 Å². The van der Waals surface area contributed by atoms with Crippen LogP contribution >= 0.6 is 15.9 Å². The summed E-state index contributed by atoms with van der Waals surface area (Å²) < 4.78 is 40.6. The summed E-state index contributed by atoms with van der Waals surface area (Å²) in [6, 6.07) is 5.62. The monoisotopic (exact) mass is 373 g/mol. The summed E-state index contributed by atoms with van der Waals surface area (Å²) in [7, 11) is -3.99. The minimum Gasteiger partial charge on any atom is -0.398 e. The van der Waals surface area contributed by atoms with Crippen molar-refractivity contribution in [2.45, 2.75) is 18.4 Å². The highest BCUT2D eigenvalue weighted by atomic mass is 79.9. The van der Waals surface area contributed by atoms with Crippen molar-refractivity contribution in [1.29, 1.82) is 0 Å². The van der Waals surface area contributed by atoms with Crippen LogP contribution in [0, 0.1) is 12.7 Å². The maximum absolute atomic E-state index is 13.8. The molecule has 3 N–H and O–H groups in total. The molecule has 8 heteroatoms. The van der Waals surface area contributed by atoms with Gasteiger partial charge in [-0.3, -0.25) is 4.98 Å². The molecular weight excluding hydrogens is 361 g/mol. The molecule has 2 rings (SSSR count). The minimum atomic E-state index is -3.99. The van der Waals surface area contributed by atoms with Crippen LogP contribution in [0.4, 0.5) is 10.1 Å². The number of hydrogen-bond acceptors (Lipinski definition) is 4. The van der Waals surface area contributed by atoms with Crippen LogP contribution in [0.15, 0.2) is 39.8 Å². The lowest BCUT2D eigenvalue weighted by Gasteiger charge is -2.09. The highest BCUT2D eigenvalue weighted by Crippen LogP contribution is 2.26. The van der Waals surface area contributed by atoms with E-state index in [4.69, 9.17) is 5.73 Å². The third-order valence-corrected chi connectivity index (χ3v) is 4.88. The van der Waals surface area contributed by atoms with Crippen molar-refractivity contribution in [2.75, 3.05) is 5.73 Å². The molecule has 0 fully saturated rings. The molecule has 5 nitrogen and oxygen atoms in total. The number of halogens is 2. The molecule has 0 radical (unpaired) electrons. The number of aryl methyl sites for hydroxylation is 1. The van der Waals surface area contributed by atoms with E-state index in [9.17, 15) is 12.8 Å². The van der Waals surface area contributed by atoms with Gasteiger partial charge in [0.1, 0.15) is 10.7 Å². The van der Waals surface area contributed by atoms with Gasteiger partial charge in [-0.25, -0.2) is 17.5 Å². The number of sulfonamides is 1. The summed E-state index contributed by atoms with van der Waals surface area (Å²) in [5.41, 5.74) is 7.24. The molecule has 0 amide bonds. The summed E-state index contributed by atoms with van der Waals surface area (Å²) in [6.45, 7) is 1.85. The van der Waals surface area contributed by atoms with Gasteiger partial charge in [0.15, 0.2) is 0 Å². The van der Waals surface area contributed by atoms with Gasteiger partial charge >= 0.3 is 0 Å². The summed E-state index contributed by atoms with van der Waals surface area (Å²) >= 11 is 3.04. The third-order valence-electron chi connectivity index (χ3n) is 2.78. The van der Waals surface area contributed by atoms with Gasteiger partial charge in [0.05, 0.1) is 0 Å². The lowest BCUT2D eigenvalue weighted by atomic mass is 10.2. The summed E-state index contributed by atoms with van der Waals surface area (Å²) in [5.74, 6) is -0.870. The lowest BCUT2D eigenvalue weighted by molar-refractivity contribution is 0.556. The first-order valence-corrected chi connectivity index (χ1v) is 8.23. The van der Waals surface area contributed by atoms with E-state index in [0.717, 1.165) is 17.8 Å². The van der Waals surface area contributed by atoms with Crippen molar-refractivity contribution >= 4 is 31.6 Å². The van der Waals surface area contributed by atoms with E-state index < -0.39 is 20.7 Å². The van der Waals surface area contributed by atoms with E-state index >= 15 is 0 Å². The molecule has 0 unspecified atom stereocenters. The normalized spacial score (nSPS) is 11.6. The van der Waals surface area contributed by atoms with Gasteiger partial charge in [0.25, 0.3) is 0 Å². The van der Waals surface area contributed by atoms with Gasteiger partial charge in [-0.15, -0.1) is 0 Å². The first-order valence-electron chi connectivity index (χ1n) is 5.95. The van der Waals surface area contributed by atoms with E-state index in [1.54, 1.807) is 18.3 Å². The molecule has 0 aliphatic carbocycles. The van der Waals surface area contributed by atoms with E-state index in [-0.39, 0.29) is 12.2 Å². The standard InChI is InChI=1S/C13H13BrFN3O2S/c1-8-2-3-9(6-17-8)7-18-21(19,20)13-5-12(16)10(14)4-11(13)15/h2-6,18H,7,16H2,1H3. The second kappa shape index (κ2) is 6.08. The Kier molecular flexibility index (Phi) is 4.60. The van der Waals surface area contributed by atoms with Crippen LogP contribution in [0.25, 0.3) is 0 Å². The first-order chi connectivity index (χ1) is 9.79. The number of hydrogen-bond donors (Lipinski definition) is 2. The summed E-state index contributed by atoms with van der Waals surface area (Å²) in [5, 5.41) is 0. The van der Waals surface area contributed by atoms with Crippen molar-refractivity contribution in [2.24, 2.45) is 0 Å². The van der Waals surface area contributed by atoms with Crippen LogP contribution in [0.1, 0.15) is 11.3 Å². The molecule has 0 bridgehead atoms. The number of nitrogens with one attached hydrogen (secondary N) is 1. The van der Waals surface area contributed by atoms with E-state index in [1.807, 2.05) is 6.92 Å². The van der Waals surface area contributed by atoms with E-state index in [0.29, 0.717) is 10.0 Å². The molecule has 1 aromatic carbocycles. The molecule has 0 atom stereocenters. The topological polar surface area (TPSA) is 85.1 Å². The number of aromatic nitrogens is 1. The van der Waals surface area contributed by atoms with Crippen LogP contribution in [-0.2, 0) is 16.6 Å². The largest absolute Gasteiger partial charge is 0.398 e. The fraction of sp³-hybridized carbons (Fsp3) is 0.154.